The molecule has 0 bridgehead atoms. The molecule has 1 aromatic carbocycles. The van der Waals surface area contributed by atoms with Gasteiger partial charge in [-0.1, -0.05) is 19.9 Å². The maximum absolute atomic E-state index is 13.0. The number of pyridine rings is 1. The summed E-state index contributed by atoms with van der Waals surface area (Å²) in [4.78, 5) is 26.5. The summed E-state index contributed by atoms with van der Waals surface area (Å²) in [6.45, 7) is 10.2. The maximum Gasteiger partial charge on any atom is 0.261 e. The van der Waals surface area contributed by atoms with Crippen molar-refractivity contribution in [1.82, 2.24) is 20.3 Å². The minimum Gasteiger partial charge on any atom is -0.481 e. The molecule has 1 amide bonds. The highest BCUT2D eigenvalue weighted by molar-refractivity contribution is 5.81. The van der Waals surface area contributed by atoms with Crippen molar-refractivity contribution in [2.75, 3.05) is 0 Å². The van der Waals surface area contributed by atoms with Crippen LogP contribution >= 0.6 is 0 Å². The Bertz CT molecular complexity index is 1110. The summed E-state index contributed by atoms with van der Waals surface area (Å²) in [5.41, 5.74) is 5.12. The molecule has 166 valence electrons. The molecular formula is C26H30N4O2. The largest absolute Gasteiger partial charge is 0.481 e. The Hall–Kier alpha value is -3.28. The first-order chi connectivity index (χ1) is 15.2. The van der Waals surface area contributed by atoms with Crippen LogP contribution in [0.25, 0.3) is 11.4 Å². The summed E-state index contributed by atoms with van der Waals surface area (Å²) in [5.74, 6) is 1.25. The van der Waals surface area contributed by atoms with Gasteiger partial charge in [0.15, 0.2) is 11.9 Å². The summed E-state index contributed by atoms with van der Waals surface area (Å²) >= 11 is 0. The zero-order chi connectivity index (χ0) is 22.9. The second-order valence-corrected chi connectivity index (χ2v) is 9.52. The van der Waals surface area contributed by atoms with Crippen molar-refractivity contribution >= 4 is 5.91 Å². The summed E-state index contributed by atoms with van der Waals surface area (Å²) in [6, 6.07) is 9.63. The molecule has 1 aliphatic carbocycles. The fraction of sp³-hybridized carbons (Fsp3) is 0.385. The van der Waals surface area contributed by atoms with E-state index >= 15 is 0 Å². The molecule has 0 radical (unpaired) electrons. The predicted octanol–water partition coefficient (Wildman–Crippen LogP) is 4.75. The summed E-state index contributed by atoms with van der Waals surface area (Å²) in [7, 11) is 0. The molecule has 0 fully saturated rings. The number of benzene rings is 1. The van der Waals surface area contributed by atoms with Gasteiger partial charge in [-0.2, -0.15) is 0 Å². The maximum atomic E-state index is 13.0. The number of aromatic nitrogens is 3. The van der Waals surface area contributed by atoms with Crippen molar-refractivity contribution in [2.24, 2.45) is 5.41 Å². The van der Waals surface area contributed by atoms with Crippen LogP contribution in [0.2, 0.25) is 0 Å². The van der Waals surface area contributed by atoms with E-state index in [1.54, 1.807) is 19.3 Å². The Morgan fingerprint density at radius 2 is 1.84 bits per heavy atom. The molecule has 6 heteroatoms. The van der Waals surface area contributed by atoms with E-state index in [0.29, 0.717) is 11.6 Å². The van der Waals surface area contributed by atoms with Crippen molar-refractivity contribution < 1.29 is 9.53 Å². The van der Waals surface area contributed by atoms with Crippen LogP contribution in [0.1, 0.15) is 55.6 Å². The third-order valence-electron chi connectivity index (χ3n) is 5.81. The number of hydrogen-bond donors (Lipinski definition) is 1. The van der Waals surface area contributed by atoms with Crippen molar-refractivity contribution in [1.29, 1.82) is 0 Å². The van der Waals surface area contributed by atoms with Crippen molar-refractivity contribution in [3.05, 3.63) is 71.3 Å². The zero-order valence-electron chi connectivity index (χ0n) is 19.3. The van der Waals surface area contributed by atoms with Crippen LogP contribution < -0.4 is 10.1 Å². The molecular weight excluding hydrogens is 400 g/mol. The second kappa shape index (κ2) is 8.69. The van der Waals surface area contributed by atoms with Gasteiger partial charge in [-0.3, -0.25) is 9.78 Å². The van der Waals surface area contributed by atoms with E-state index in [1.807, 2.05) is 44.3 Å². The topological polar surface area (TPSA) is 77.0 Å². The van der Waals surface area contributed by atoms with Gasteiger partial charge in [0.05, 0.1) is 11.7 Å². The number of nitrogens with one attached hydrogen (secondary N) is 1. The minimum atomic E-state index is -0.610. The Morgan fingerprint density at radius 1 is 1.16 bits per heavy atom. The van der Waals surface area contributed by atoms with Gasteiger partial charge in [0.25, 0.3) is 5.91 Å². The average molecular weight is 431 g/mol. The summed E-state index contributed by atoms with van der Waals surface area (Å²) in [5, 5.41) is 3.19. The SMILES string of the molecule is Cc1cc(C)cc(O[C@@H](C)C(=O)N[C@@H]2CC(C)(C)Cc3nc(-c4ccncc4)ncc32)c1. The van der Waals surface area contributed by atoms with Crippen LogP contribution in [0.4, 0.5) is 0 Å². The lowest BCUT2D eigenvalue weighted by molar-refractivity contribution is -0.128. The van der Waals surface area contributed by atoms with Crippen LogP contribution in [-0.4, -0.2) is 27.0 Å². The Kier molecular flexibility index (Phi) is 5.96. The Balaban J connectivity index is 1.54. The Labute approximate surface area is 189 Å². The molecule has 0 aliphatic heterocycles. The average Bonchev–Trinajstić information content (AvgIpc) is 2.72. The number of nitrogens with zero attached hydrogens (tertiary/aromatic N) is 3. The fourth-order valence-electron chi connectivity index (χ4n) is 4.36. The first kappa shape index (κ1) is 21.9. The third kappa shape index (κ3) is 4.96. The predicted molar refractivity (Wildman–Crippen MR) is 124 cm³/mol. The van der Waals surface area contributed by atoms with Crippen molar-refractivity contribution in [2.45, 2.75) is 59.6 Å². The molecule has 0 unspecified atom stereocenters. The van der Waals surface area contributed by atoms with Gasteiger partial charge in [-0.25, -0.2) is 9.97 Å². The smallest absolute Gasteiger partial charge is 0.261 e. The normalized spacial score (nSPS) is 17.8. The molecule has 0 saturated heterocycles. The Morgan fingerprint density at radius 3 is 2.53 bits per heavy atom. The first-order valence-electron chi connectivity index (χ1n) is 11.0. The second-order valence-electron chi connectivity index (χ2n) is 9.52. The van der Waals surface area contributed by atoms with E-state index in [9.17, 15) is 4.79 Å². The van der Waals surface area contributed by atoms with Gasteiger partial charge < -0.3 is 10.1 Å². The highest BCUT2D eigenvalue weighted by Crippen LogP contribution is 2.40. The summed E-state index contributed by atoms with van der Waals surface area (Å²) in [6.07, 6.45) is 6.38. The number of carbonyl (C=O) groups is 1. The van der Waals surface area contributed by atoms with Crippen LogP contribution in [0.5, 0.6) is 5.75 Å². The van der Waals surface area contributed by atoms with Crippen LogP contribution in [0.3, 0.4) is 0 Å². The first-order valence-corrected chi connectivity index (χ1v) is 11.0. The molecule has 32 heavy (non-hydrogen) atoms. The number of hydrogen-bond acceptors (Lipinski definition) is 5. The van der Waals surface area contributed by atoms with Gasteiger partial charge >= 0.3 is 0 Å². The molecule has 1 aliphatic rings. The lowest BCUT2D eigenvalue weighted by Gasteiger charge is -2.37. The standard InChI is InChI=1S/C26H30N4O2/c1-16-10-17(2)12-20(11-16)32-18(3)25(31)30-23-14-26(4,5)13-22-21(23)15-28-24(29-22)19-6-8-27-9-7-19/h6-12,15,18,23H,13-14H2,1-5H3,(H,30,31)/t18-,23+/m0/s1. The van der Waals surface area contributed by atoms with E-state index in [-0.39, 0.29) is 17.4 Å². The molecule has 1 N–H and O–H groups in total. The molecule has 6 nitrogen and oxygen atoms in total. The number of ether oxygens (including phenoxy) is 1. The zero-order valence-corrected chi connectivity index (χ0v) is 19.3. The summed E-state index contributed by atoms with van der Waals surface area (Å²) < 4.78 is 5.95. The van der Waals surface area contributed by atoms with Gasteiger partial charge in [0.1, 0.15) is 5.75 Å². The molecule has 2 atom stereocenters. The third-order valence-corrected chi connectivity index (χ3v) is 5.81. The van der Waals surface area contributed by atoms with E-state index in [2.05, 4.69) is 35.2 Å². The van der Waals surface area contributed by atoms with Crippen LogP contribution in [0.15, 0.2) is 48.9 Å². The molecule has 3 aromatic rings. The number of aryl methyl sites for hydroxylation is 2. The monoisotopic (exact) mass is 430 g/mol. The quantitative estimate of drug-likeness (QED) is 0.632. The minimum absolute atomic E-state index is 0.00651. The van der Waals surface area contributed by atoms with Crippen LogP contribution in [-0.2, 0) is 11.2 Å². The molecule has 0 spiro atoms. The molecule has 2 aromatic heterocycles. The highest BCUT2D eigenvalue weighted by Gasteiger charge is 2.35. The fourth-order valence-corrected chi connectivity index (χ4v) is 4.36. The van der Waals surface area contributed by atoms with E-state index in [1.165, 1.54) is 0 Å². The molecule has 2 heterocycles. The van der Waals surface area contributed by atoms with Crippen molar-refractivity contribution in [3.8, 4) is 17.1 Å². The van der Waals surface area contributed by atoms with Crippen LogP contribution in [0, 0.1) is 19.3 Å². The van der Waals surface area contributed by atoms with Gasteiger partial charge in [0.2, 0.25) is 0 Å². The molecule has 0 saturated carbocycles. The van der Waals surface area contributed by atoms with Crippen molar-refractivity contribution in [3.63, 3.8) is 0 Å². The lowest BCUT2D eigenvalue weighted by atomic mass is 9.74. The van der Waals surface area contributed by atoms with E-state index in [4.69, 9.17) is 9.72 Å². The number of rotatable bonds is 5. The molecule has 4 rings (SSSR count). The number of carbonyl (C=O) groups excluding carboxylic acids is 1. The van der Waals surface area contributed by atoms with Gasteiger partial charge in [0, 0.05) is 29.7 Å². The lowest BCUT2D eigenvalue weighted by Crippen LogP contribution is -2.42. The number of fused-ring (bicyclic) bond motifs is 1. The van der Waals surface area contributed by atoms with E-state index < -0.39 is 6.10 Å². The van der Waals surface area contributed by atoms with E-state index in [0.717, 1.165) is 40.8 Å². The number of amides is 1. The van der Waals surface area contributed by atoms with Gasteiger partial charge in [-0.15, -0.1) is 0 Å². The highest BCUT2D eigenvalue weighted by atomic mass is 16.5. The van der Waals surface area contributed by atoms with Gasteiger partial charge in [-0.05, 0) is 74.4 Å².